The Morgan fingerprint density at radius 1 is 1.53 bits per heavy atom. The van der Waals surface area contributed by atoms with Crippen LogP contribution in [-0.2, 0) is 14.1 Å². The van der Waals surface area contributed by atoms with Crippen molar-refractivity contribution in [2.75, 3.05) is 6.54 Å². The van der Waals surface area contributed by atoms with Crippen LogP contribution in [0.2, 0.25) is 0 Å². The van der Waals surface area contributed by atoms with Crippen LogP contribution >= 0.6 is 0 Å². The highest BCUT2D eigenvalue weighted by molar-refractivity contribution is 5.85. The Hall–Kier alpha value is -1.32. The van der Waals surface area contributed by atoms with Crippen molar-refractivity contribution < 1.29 is 9.67 Å². The third-order valence-corrected chi connectivity index (χ3v) is 2.39. The van der Waals surface area contributed by atoms with Gasteiger partial charge in [0.1, 0.15) is 12.4 Å². The highest BCUT2D eigenvalue weighted by atomic mass is 16.3. The van der Waals surface area contributed by atoms with Gasteiger partial charge in [0.25, 0.3) is 5.82 Å². The summed E-state index contributed by atoms with van der Waals surface area (Å²) < 4.78 is 3.59. The van der Waals surface area contributed by atoms with Crippen molar-refractivity contribution in [3.05, 3.63) is 18.2 Å². The molecular formula is C11H19N3O. The van der Waals surface area contributed by atoms with Crippen LogP contribution in [0.4, 0.5) is 0 Å². The van der Waals surface area contributed by atoms with Crippen molar-refractivity contribution >= 4 is 5.90 Å². The quantitative estimate of drug-likeness (QED) is 0.294. The van der Waals surface area contributed by atoms with Crippen LogP contribution in [0, 0.1) is 0 Å². The fourth-order valence-corrected chi connectivity index (χ4v) is 1.50. The lowest BCUT2D eigenvalue weighted by atomic mass is 10.2. The fourth-order valence-electron chi connectivity index (χ4n) is 1.50. The summed E-state index contributed by atoms with van der Waals surface area (Å²) in [5.41, 5.74) is 0. The second-order valence-corrected chi connectivity index (χ2v) is 3.74. The van der Waals surface area contributed by atoms with E-state index in [0.29, 0.717) is 12.4 Å². The molecule has 84 valence electrons. The zero-order valence-corrected chi connectivity index (χ0v) is 9.73. The highest BCUT2D eigenvalue weighted by Gasteiger charge is 2.10. The van der Waals surface area contributed by atoms with Crippen LogP contribution in [-0.4, -0.2) is 17.0 Å². The fraction of sp³-hybridized carbons (Fsp3) is 0.636. The van der Waals surface area contributed by atoms with Crippen LogP contribution in [0.5, 0.6) is 0 Å². The number of aliphatic imine (C=N–C) groups is 1. The summed E-state index contributed by atoms with van der Waals surface area (Å²) in [4.78, 5) is 4.05. The molecule has 0 spiro atoms. The molecule has 1 aromatic rings. The van der Waals surface area contributed by atoms with Gasteiger partial charge in [0.05, 0.1) is 20.0 Å². The molecule has 0 N–H and O–H groups in total. The first-order valence-corrected chi connectivity index (χ1v) is 5.39. The molecule has 0 amide bonds. The molecule has 1 rings (SSSR count). The van der Waals surface area contributed by atoms with Crippen molar-refractivity contribution in [3.8, 4) is 0 Å². The van der Waals surface area contributed by atoms with E-state index in [1.807, 2.05) is 26.5 Å². The Kier molecular flexibility index (Phi) is 4.34. The van der Waals surface area contributed by atoms with Crippen LogP contribution < -0.4 is 9.67 Å². The van der Waals surface area contributed by atoms with Gasteiger partial charge in [0, 0.05) is 6.54 Å². The van der Waals surface area contributed by atoms with Crippen LogP contribution in [0.1, 0.15) is 32.0 Å². The number of hydrogen-bond acceptors (Lipinski definition) is 2. The molecule has 1 heterocycles. The molecule has 0 saturated heterocycles. The number of hydrogen-bond donors (Lipinski definition) is 0. The summed E-state index contributed by atoms with van der Waals surface area (Å²) in [6.45, 7) is 2.77. The average Bonchev–Trinajstić information content (AvgIpc) is 2.53. The second kappa shape index (κ2) is 5.53. The Morgan fingerprint density at radius 2 is 2.27 bits per heavy atom. The predicted molar refractivity (Wildman–Crippen MR) is 57.5 cm³/mol. The zero-order valence-electron chi connectivity index (χ0n) is 9.73. The summed E-state index contributed by atoms with van der Waals surface area (Å²) in [7, 11) is 3.71. The van der Waals surface area contributed by atoms with E-state index < -0.39 is 0 Å². The maximum atomic E-state index is 11.7. The highest BCUT2D eigenvalue weighted by Crippen LogP contribution is 1.96. The number of rotatable bonds is 5. The van der Waals surface area contributed by atoms with Gasteiger partial charge in [0.15, 0.2) is 0 Å². The van der Waals surface area contributed by atoms with E-state index in [1.54, 1.807) is 9.13 Å². The molecule has 4 heteroatoms. The molecule has 0 aliphatic rings. The van der Waals surface area contributed by atoms with Crippen molar-refractivity contribution in [1.82, 2.24) is 4.57 Å². The number of aryl methyl sites for hydroxylation is 2. The minimum atomic E-state index is -0.124. The molecule has 0 atom stereocenters. The monoisotopic (exact) mass is 209 g/mol. The molecule has 15 heavy (non-hydrogen) atoms. The number of aromatic nitrogens is 2. The van der Waals surface area contributed by atoms with E-state index >= 15 is 0 Å². The van der Waals surface area contributed by atoms with E-state index in [2.05, 4.69) is 11.9 Å². The standard InChI is InChI=1S/C11H19N3O/c1-4-5-6-7-12-10(15)11-13(2)8-9-14(11)3/h8-9H,4-7H2,1-3H3. The van der Waals surface area contributed by atoms with E-state index in [9.17, 15) is 5.11 Å². The Balaban J connectivity index is 2.63. The van der Waals surface area contributed by atoms with Gasteiger partial charge in [-0.3, -0.25) is 4.99 Å². The summed E-state index contributed by atoms with van der Waals surface area (Å²) in [6.07, 6.45) is 7.00. The minimum absolute atomic E-state index is 0.124. The van der Waals surface area contributed by atoms with Crippen LogP contribution in [0.15, 0.2) is 17.4 Å². The zero-order chi connectivity index (χ0) is 11.3. The van der Waals surface area contributed by atoms with Crippen LogP contribution in [0.25, 0.3) is 0 Å². The Labute approximate surface area is 90.9 Å². The maximum absolute atomic E-state index is 11.7. The van der Waals surface area contributed by atoms with Crippen molar-refractivity contribution in [1.29, 1.82) is 0 Å². The van der Waals surface area contributed by atoms with Crippen LogP contribution in [0.3, 0.4) is 0 Å². The molecule has 0 radical (unpaired) electrons. The van der Waals surface area contributed by atoms with Gasteiger partial charge in [-0.15, -0.1) is 0 Å². The van der Waals surface area contributed by atoms with E-state index in [4.69, 9.17) is 0 Å². The van der Waals surface area contributed by atoms with Gasteiger partial charge in [-0.2, -0.15) is 0 Å². The van der Waals surface area contributed by atoms with Gasteiger partial charge in [0.2, 0.25) is 0 Å². The maximum Gasteiger partial charge on any atom is 0.291 e. The Bertz CT molecular complexity index is 322. The van der Waals surface area contributed by atoms with E-state index in [0.717, 1.165) is 19.3 Å². The molecule has 0 saturated carbocycles. The SMILES string of the molecule is CCCCCN=C([O-])c1n(C)cc[n+]1C. The molecule has 4 nitrogen and oxygen atoms in total. The van der Waals surface area contributed by atoms with Crippen molar-refractivity contribution in [2.24, 2.45) is 19.1 Å². The van der Waals surface area contributed by atoms with Gasteiger partial charge >= 0.3 is 0 Å². The molecule has 0 aliphatic carbocycles. The first-order valence-electron chi connectivity index (χ1n) is 5.39. The molecule has 0 aromatic carbocycles. The number of unbranched alkanes of at least 4 members (excludes halogenated alkanes) is 2. The van der Waals surface area contributed by atoms with E-state index in [-0.39, 0.29) is 5.90 Å². The van der Waals surface area contributed by atoms with Gasteiger partial charge in [-0.25, -0.2) is 9.13 Å². The molecule has 0 aliphatic heterocycles. The normalized spacial score (nSPS) is 12.1. The molecule has 0 fully saturated rings. The van der Waals surface area contributed by atoms with Gasteiger partial charge in [-0.05, 0) is 6.42 Å². The topological polar surface area (TPSA) is 44.2 Å². The largest absolute Gasteiger partial charge is 0.853 e. The first kappa shape index (κ1) is 11.8. The predicted octanol–water partition coefficient (Wildman–Crippen LogP) is 0.147. The third-order valence-electron chi connectivity index (χ3n) is 2.39. The Morgan fingerprint density at radius 3 is 2.80 bits per heavy atom. The second-order valence-electron chi connectivity index (χ2n) is 3.74. The van der Waals surface area contributed by atoms with E-state index in [1.165, 1.54) is 0 Å². The first-order chi connectivity index (χ1) is 7.16. The average molecular weight is 209 g/mol. The number of imidazole rings is 1. The summed E-state index contributed by atoms with van der Waals surface area (Å²) in [5.74, 6) is 0.507. The lowest BCUT2D eigenvalue weighted by molar-refractivity contribution is -0.674. The molecule has 0 unspecified atom stereocenters. The summed E-state index contributed by atoms with van der Waals surface area (Å²) >= 11 is 0. The third kappa shape index (κ3) is 3.08. The number of nitrogens with zero attached hydrogens (tertiary/aromatic N) is 3. The molecule has 1 aromatic heterocycles. The minimum Gasteiger partial charge on any atom is -0.853 e. The van der Waals surface area contributed by atoms with Gasteiger partial charge in [-0.1, -0.05) is 19.8 Å². The van der Waals surface area contributed by atoms with Crippen molar-refractivity contribution in [3.63, 3.8) is 0 Å². The molecule has 0 bridgehead atoms. The molecular weight excluding hydrogens is 190 g/mol. The lowest BCUT2D eigenvalue weighted by Gasteiger charge is -2.07. The summed E-state index contributed by atoms with van der Waals surface area (Å²) in [6, 6.07) is 0. The van der Waals surface area contributed by atoms with Crippen molar-refractivity contribution in [2.45, 2.75) is 26.2 Å². The summed E-state index contributed by atoms with van der Waals surface area (Å²) in [5, 5.41) is 11.7. The lowest BCUT2D eigenvalue weighted by Crippen LogP contribution is -2.40. The smallest absolute Gasteiger partial charge is 0.291 e. The van der Waals surface area contributed by atoms with Gasteiger partial charge < -0.3 is 5.11 Å².